The van der Waals surface area contributed by atoms with E-state index in [1.54, 1.807) is 12.1 Å². The van der Waals surface area contributed by atoms with Gasteiger partial charge in [0.15, 0.2) is 0 Å². The Morgan fingerprint density at radius 3 is 2.44 bits per heavy atom. The molecular weight excluding hydrogens is 315 g/mol. The molecule has 1 aromatic heterocycles. The molecule has 1 heterocycles. The van der Waals surface area contributed by atoms with Crippen LogP contribution in [0.2, 0.25) is 0 Å². The SMILES string of the molecule is CCc1ccccc1Nc1cc(NCCc2ccccc2F)ncn1. The molecule has 0 bridgehead atoms. The van der Waals surface area contributed by atoms with Gasteiger partial charge in [-0.3, -0.25) is 0 Å². The average Bonchev–Trinajstić information content (AvgIpc) is 2.64. The summed E-state index contributed by atoms with van der Waals surface area (Å²) in [5.74, 6) is 1.26. The minimum absolute atomic E-state index is 0.175. The summed E-state index contributed by atoms with van der Waals surface area (Å²) in [6, 6.07) is 16.8. The molecule has 0 fully saturated rings. The fourth-order valence-electron chi connectivity index (χ4n) is 2.64. The van der Waals surface area contributed by atoms with E-state index in [4.69, 9.17) is 0 Å². The average molecular weight is 336 g/mol. The fraction of sp³-hybridized carbons (Fsp3) is 0.200. The van der Waals surface area contributed by atoms with E-state index in [-0.39, 0.29) is 5.82 Å². The van der Waals surface area contributed by atoms with Gasteiger partial charge in [-0.15, -0.1) is 0 Å². The van der Waals surface area contributed by atoms with Crippen molar-refractivity contribution in [3.63, 3.8) is 0 Å². The second-order valence-electron chi connectivity index (χ2n) is 5.69. The zero-order valence-electron chi connectivity index (χ0n) is 14.2. The van der Waals surface area contributed by atoms with Crippen LogP contribution in [0.15, 0.2) is 60.9 Å². The number of nitrogens with one attached hydrogen (secondary N) is 2. The molecule has 0 spiro atoms. The van der Waals surface area contributed by atoms with Gasteiger partial charge >= 0.3 is 0 Å². The normalized spacial score (nSPS) is 10.5. The van der Waals surface area contributed by atoms with E-state index in [9.17, 15) is 4.39 Å². The Morgan fingerprint density at radius 1 is 0.920 bits per heavy atom. The highest BCUT2D eigenvalue weighted by Gasteiger charge is 2.04. The van der Waals surface area contributed by atoms with Crippen LogP contribution in [-0.4, -0.2) is 16.5 Å². The lowest BCUT2D eigenvalue weighted by Gasteiger charge is -2.11. The lowest BCUT2D eigenvalue weighted by atomic mass is 10.1. The standard InChI is InChI=1S/C20H21FN4/c1-2-15-7-4-6-10-18(15)25-20-13-19(23-14-24-20)22-12-11-16-8-3-5-9-17(16)21/h3-10,13-14H,2,11-12H2,1H3,(H2,22,23,24,25). The number of nitrogens with zero attached hydrogens (tertiary/aromatic N) is 2. The van der Waals surface area contributed by atoms with Crippen LogP contribution in [0.4, 0.5) is 21.7 Å². The molecule has 0 aliphatic carbocycles. The maximum absolute atomic E-state index is 13.6. The molecule has 128 valence electrons. The molecule has 5 heteroatoms. The van der Waals surface area contributed by atoms with Crippen molar-refractivity contribution < 1.29 is 4.39 Å². The predicted molar refractivity (Wildman–Crippen MR) is 99.7 cm³/mol. The first-order valence-corrected chi connectivity index (χ1v) is 8.40. The van der Waals surface area contributed by atoms with Gasteiger partial charge in [-0.1, -0.05) is 43.3 Å². The number of para-hydroxylation sites is 1. The minimum atomic E-state index is -0.175. The summed E-state index contributed by atoms with van der Waals surface area (Å²) in [4.78, 5) is 8.49. The van der Waals surface area contributed by atoms with E-state index in [0.717, 1.165) is 17.9 Å². The zero-order chi connectivity index (χ0) is 17.5. The van der Waals surface area contributed by atoms with E-state index >= 15 is 0 Å². The smallest absolute Gasteiger partial charge is 0.135 e. The highest BCUT2D eigenvalue weighted by Crippen LogP contribution is 2.21. The lowest BCUT2D eigenvalue weighted by Crippen LogP contribution is -2.08. The van der Waals surface area contributed by atoms with E-state index in [0.29, 0.717) is 24.3 Å². The van der Waals surface area contributed by atoms with Crippen molar-refractivity contribution in [3.05, 3.63) is 77.9 Å². The summed E-state index contributed by atoms with van der Waals surface area (Å²) in [5, 5.41) is 6.55. The van der Waals surface area contributed by atoms with E-state index in [2.05, 4.69) is 33.6 Å². The third-order valence-corrected chi connectivity index (χ3v) is 3.99. The van der Waals surface area contributed by atoms with Crippen LogP contribution >= 0.6 is 0 Å². The number of rotatable bonds is 7. The Hall–Kier alpha value is -2.95. The van der Waals surface area contributed by atoms with Crippen LogP contribution in [0.1, 0.15) is 18.1 Å². The minimum Gasteiger partial charge on any atom is -0.370 e. The van der Waals surface area contributed by atoms with Gasteiger partial charge in [0.1, 0.15) is 23.8 Å². The Labute approximate surface area is 147 Å². The van der Waals surface area contributed by atoms with Crippen LogP contribution in [0.3, 0.4) is 0 Å². The van der Waals surface area contributed by atoms with Crippen molar-refractivity contribution in [2.24, 2.45) is 0 Å². The maximum Gasteiger partial charge on any atom is 0.135 e. The zero-order valence-corrected chi connectivity index (χ0v) is 14.2. The highest BCUT2D eigenvalue weighted by molar-refractivity contribution is 5.62. The van der Waals surface area contributed by atoms with E-state index in [1.165, 1.54) is 18.0 Å². The number of hydrogen-bond acceptors (Lipinski definition) is 4. The van der Waals surface area contributed by atoms with Crippen LogP contribution in [0.5, 0.6) is 0 Å². The number of benzene rings is 2. The molecule has 25 heavy (non-hydrogen) atoms. The molecule has 0 aliphatic heterocycles. The summed E-state index contributed by atoms with van der Waals surface area (Å²) in [6.07, 6.45) is 3.06. The second kappa shape index (κ2) is 8.24. The molecule has 0 atom stereocenters. The van der Waals surface area contributed by atoms with Gasteiger partial charge < -0.3 is 10.6 Å². The lowest BCUT2D eigenvalue weighted by molar-refractivity contribution is 0.610. The van der Waals surface area contributed by atoms with Crippen LogP contribution < -0.4 is 10.6 Å². The van der Waals surface area contributed by atoms with Crippen molar-refractivity contribution in [3.8, 4) is 0 Å². The molecule has 3 aromatic rings. The van der Waals surface area contributed by atoms with Gasteiger partial charge in [-0.05, 0) is 36.1 Å². The molecule has 0 radical (unpaired) electrons. The Balaban J connectivity index is 1.62. The van der Waals surface area contributed by atoms with Gasteiger partial charge in [0.2, 0.25) is 0 Å². The van der Waals surface area contributed by atoms with Gasteiger partial charge in [0.05, 0.1) is 0 Å². The van der Waals surface area contributed by atoms with Gasteiger partial charge in [-0.25, -0.2) is 14.4 Å². The number of aromatic nitrogens is 2. The van der Waals surface area contributed by atoms with Crippen molar-refractivity contribution in [2.75, 3.05) is 17.2 Å². The number of anilines is 3. The third kappa shape index (κ3) is 4.53. The van der Waals surface area contributed by atoms with Crippen molar-refractivity contribution in [2.45, 2.75) is 19.8 Å². The molecule has 4 nitrogen and oxygen atoms in total. The van der Waals surface area contributed by atoms with E-state index in [1.807, 2.05) is 30.3 Å². The summed E-state index contributed by atoms with van der Waals surface area (Å²) in [7, 11) is 0. The van der Waals surface area contributed by atoms with Crippen LogP contribution in [0, 0.1) is 5.82 Å². The first-order valence-electron chi connectivity index (χ1n) is 8.40. The predicted octanol–water partition coefficient (Wildman–Crippen LogP) is 4.58. The molecule has 0 amide bonds. The molecule has 0 saturated heterocycles. The second-order valence-corrected chi connectivity index (χ2v) is 5.69. The maximum atomic E-state index is 13.6. The summed E-state index contributed by atoms with van der Waals surface area (Å²) in [5.41, 5.74) is 2.97. The topological polar surface area (TPSA) is 49.8 Å². The molecule has 0 unspecified atom stereocenters. The number of halogens is 1. The van der Waals surface area contributed by atoms with E-state index < -0.39 is 0 Å². The molecule has 0 saturated carbocycles. The number of aryl methyl sites for hydroxylation is 1. The largest absolute Gasteiger partial charge is 0.370 e. The monoisotopic (exact) mass is 336 g/mol. The molecule has 3 rings (SSSR count). The molecular formula is C20H21FN4. The van der Waals surface area contributed by atoms with Crippen molar-refractivity contribution in [1.29, 1.82) is 0 Å². The first kappa shape index (κ1) is 16.9. The number of hydrogen-bond donors (Lipinski definition) is 2. The summed E-state index contributed by atoms with van der Waals surface area (Å²) in [6.45, 7) is 2.72. The molecule has 0 aliphatic rings. The highest BCUT2D eigenvalue weighted by atomic mass is 19.1. The Bertz CT molecular complexity index is 835. The van der Waals surface area contributed by atoms with Crippen LogP contribution in [-0.2, 0) is 12.8 Å². The van der Waals surface area contributed by atoms with Crippen molar-refractivity contribution in [1.82, 2.24) is 9.97 Å². The van der Waals surface area contributed by atoms with Crippen molar-refractivity contribution >= 4 is 17.3 Å². The van der Waals surface area contributed by atoms with Gasteiger partial charge in [0, 0.05) is 18.3 Å². The fourth-order valence-corrected chi connectivity index (χ4v) is 2.64. The van der Waals surface area contributed by atoms with Gasteiger partial charge in [-0.2, -0.15) is 0 Å². The van der Waals surface area contributed by atoms with Crippen LogP contribution in [0.25, 0.3) is 0 Å². The third-order valence-electron chi connectivity index (χ3n) is 3.99. The van der Waals surface area contributed by atoms with Gasteiger partial charge in [0.25, 0.3) is 0 Å². The Morgan fingerprint density at radius 2 is 1.64 bits per heavy atom. The summed E-state index contributed by atoms with van der Waals surface area (Å²) >= 11 is 0. The summed E-state index contributed by atoms with van der Waals surface area (Å²) < 4.78 is 13.6. The quantitative estimate of drug-likeness (QED) is 0.663. The molecule has 2 N–H and O–H groups in total. The first-order chi connectivity index (χ1) is 12.3. The molecule has 2 aromatic carbocycles. The Kier molecular flexibility index (Phi) is 5.57.